The van der Waals surface area contributed by atoms with Crippen molar-refractivity contribution in [3.63, 3.8) is 0 Å². The number of aliphatic carboxylic acids is 1. The first kappa shape index (κ1) is 16.9. The normalized spacial score (nSPS) is 12.0. The summed E-state index contributed by atoms with van der Waals surface area (Å²) < 4.78 is 0. The van der Waals surface area contributed by atoms with Crippen molar-refractivity contribution in [3.8, 4) is 0 Å². The molecule has 2 aromatic rings. The summed E-state index contributed by atoms with van der Waals surface area (Å²) in [5.74, 6) is -1.66. The summed E-state index contributed by atoms with van der Waals surface area (Å²) in [4.78, 5) is 23.1. The topological polar surface area (TPSA) is 106 Å². The smallest absolute Gasteiger partial charge is 0.230 e. The molecule has 0 aliphatic heterocycles. The second-order valence-electron chi connectivity index (χ2n) is 5.34. The van der Waals surface area contributed by atoms with E-state index in [0.29, 0.717) is 18.7 Å². The molecule has 0 unspecified atom stereocenters. The molecule has 0 bridgehead atoms. The Morgan fingerprint density at radius 2 is 1.91 bits per heavy atom. The van der Waals surface area contributed by atoms with Gasteiger partial charge in [-0.25, -0.2) is 0 Å². The van der Waals surface area contributed by atoms with Crippen molar-refractivity contribution in [2.24, 2.45) is 0 Å². The van der Waals surface area contributed by atoms with Crippen molar-refractivity contribution in [2.45, 2.75) is 18.9 Å². The molecular formula is C17H20N2O4. The van der Waals surface area contributed by atoms with Crippen LogP contribution in [0.25, 0.3) is 10.8 Å². The summed E-state index contributed by atoms with van der Waals surface area (Å²) in [5.41, 5.74) is 0.626. The average Bonchev–Trinajstić information content (AvgIpc) is 2.54. The van der Waals surface area contributed by atoms with Gasteiger partial charge in [0.1, 0.15) is 6.04 Å². The minimum absolute atomic E-state index is 0.0143. The Kier molecular flexibility index (Phi) is 6.08. The van der Waals surface area contributed by atoms with Crippen LogP contribution in [0, 0.1) is 0 Å². The number of carbonyl (C=O) groups excluding carboxylic acids is 2. The number of rotatable bonds is 8. The number of carboxylic acids is 1. The number of quaternary nitrogens is 1. The predicted octanol–water partition coefficient (Wildman–Crippen LogP) is -0.767. The maximum atomic E-state index is 12.0. The maximum absolute atomic E-state index is 12.0. The number of nitrogens with two attached hydrogens (primary N) is 1. The van der Waals surface area contributed by atoms with Crippen LogP contribution in [0.5, 0.6) is 0 Å². The molecule has 0 fully saturated rings. The van der Waals surface area contributed by atoms with Crippen molar-refractivity contribution >= 4 is 28.3 Å². The Morgan fingerprint density at radius 3 is 2.61 bits per heavy atom. The number of anilines is 1. The van der Waals surface area contributed by atoms with Gasteiger partial charge in [-0.2, -0.15) is 0 Å². The zero-order valence-corrected chi connectivity index (χ0v) is 12.7. The molecule has 4 N–H and O–H groups in total. The van der Waals surface area contributed by atoms with Crippen molar-refractivity contribution in [1.29, 1.82) is 0 Å². The molecule has 122 valence electrons. The highest BCUT2D eigenvalue weighted by atomic mass is 16.4. The fourth-order valence-electron chi connectivity index (χ4n) is 2.35. The van der Waals surface area contributed by atoms with Crippen LogP contribution in [0.2, 0.25) is 0 Å². The summed E-state index contributed by atoms with van der Waals surface area (Å²) in [6.45, 7) is 0.415. The molecule has 2 aromatic carbocycles. The molecule has 6 nitrogen and oxygen atoms in total. The lowest BCUT2D eigenvalue weighted by Crippen LogP contribution is -2.93. The second kappa shape index (κ2) is 8.26. The number of carboxylic acid groups (broad SMARTS) is 1. The molecule has 0 aliphatic carbocycles. The lowest BCUT2D eigenvalue weighted by Gasteiger charge is -2.16. The number of hydrogen-bond acceptors (Lipinski definition) is 4. The molecule has 1 atom stereocenters. The number of amides is 1. The largest absolute Gasteiger partial charge is 0.544 e. The first-order valence-electron chi connectivity index (χ1n) is 7.54. The number of fused-ring (bicyclic) bond motifs is 1. The maximum Gasteiger partial charge on any atom is 0.230 e. The number of nitrogens with one attached hydrogen (secondary N) is 1. The number of aliphatic hydroxyl groups excluding tert-OH is 1. The van der Waals surface area contributed by atoms with Gasteiger partial charge in [-0.15, -0.1) is 0 Å². The summed E-state index contributed by atoms with van der Waals surface area (Å²) in [6, 6.07) is 12.3. The molecule has 0 heterocycles. The lowest BCUT2D eigenvalue weighted by atomic mass is 10.1. The van der Waals surface area contributed by atoms with Crippen molar-refractivity contribution in [2.75, 3.05) is 18.5 Å². The molecule has 6 heteroatoms. The van der Waals surface area contributed by atoms with E-state index in [1.165, 1.54) is 5.32 Å². The number of carbonyl (C=O) groups is 2. The third-order valence-electron chi connectivity index (χ3n) is 3.55. The molecule has 0 aromatic heterocycles. The molecule has 0 spiro atoms. The van der Waals surface area contributed by atoms with Gasteiger partial charge in [-0.1, -0.05) is 30.3 Å². The van der Waals surface area contributed by atoms with Crippen LogP contribution >= 0.6 is 0 Å². The minimum atomic E-state index is -1.28. The Balaban J connectivity index is 1.97. The predicted molar refractivity (Wildman–Crippen MR) is 84.5 cm³/mol. The van der Waals surface area contributed by atoms with Crippen LogP contribution in [-0.4, -0.2) is 36.2 Å². The summed E-state index contributed by atoms with van der Waals surface area (Å²) in [7, 11) is 0. The molecule has 0 radical (unpaired) electrons. The van der Waals surface area contributed by atoms with E-state index in [1.54, 1.807) is 6.07 Å². The van der Waals surface area contributed by atoms with Gasteiger partial charge >= 0.3 is 0 Å². The first-order chi connectivity index (χ1) is 11.1. The standard InChI is InChI=1S/C17H20N2O4/c20-9-3-8-18-15(17(22)23)11-16(21)19-14-7-6-12-4-1-2-5-13(12)10-14/h1-2,4-7,10,15,18,20H,3,8-9,11H2,(H,19,21)(H,22,23)/t15-/m1/s1. The Labute approximate surface area is 134 Å². The van der Waals surface area contributed by atoms with Gasteiger partial charge in [0.05, 0.1) is 18.9 Å². The van der Waals surface area contributed by atoms with Gasteiger partial charge in [0.15, 0.2) is 0 Å². The Bertz CT molecular complexity index is 687. The van der Waals surface area contributed by atoms with E-state index in [0.717, 1.165) is 10.8 Å². The molecule has 0 saturated carbocycles. The van der Waals surface area contributed by atoms with Gasteiger partial charge in [0.25, 0.3) is 0 Å². The quantitative estimate of drug-likeness (QED) is 0.556. The molecule has 23 heavy (non-hydrogen) atoms. The molecule has 0 saturated heterocycles. The number of benzene rings is 2. The second-order valence-corrected chi connectivity index (χ2v) is 5.34. The highest BCUT2D eigenvalue weighted by Gasteiger charge is 2.18. The van der Waals surface area contributed by atoms with Crippen LogP contribution in [0.3, 0.4) is 0 Å². The van der Waals surface area contributed by atoms with Crippen LogP contribution in [0.4, 0.5) is 5.69 Å². The van der Waals surface area contributed by atoms with E-state index in [4.69, 9.17) is 5.11 Å². The van der Waals surface area contributed by atoms with Crippen molar-refractivity contribution < 1.29 is 25.1 Å². The third kappa shape index (κ3) is 5.05. The molecular weight excluding hydrogens is 296 g/mol. The molecule has 0 aliphatic rings. The van der Waals surface area contributed by atoms with Crippen LogP contribution in [-0.2, 0) is 9.59 Å². The van der Waals surface area contributed by atoms with Gasteiger partial charge < -0.3 is 25.6 Å². The van der Waals surface area contributed by atoms with Crippen molar-refractivity contribution in [1.82, 2.24) is 0 Å². The van der Waals surface area contributed by atoms with E-state index in [9.17, 15) is 14.7 Å². The minimum Gasteiger partial charge on any atom is -0.544 e. The highest BCUT2D eigenvalue weighted by Crippen LogP contribution is 2.18. The van der Waals surface area contributed by atoms with Crippen LogP contribution in [0.15, 0.2) is 42.5 Å². The number of hydrogen-bond donors (Lipinski definition) is 3. The fraction of sp³-hybridized carbons (Fsp3) is 0.294. The SMILES string of the molecule is O=C(C[C@@H]([NH2+]CCCO)C(=O)[O-])Nc1ccc2ccccc2c1. The summed E-state index contributed by atoms with van der Waals surface area (Å²) in [5, 5.41) is 26.1. The van der Waals surface area contributed by atoms with Gasteiger partial charge in [0, 0.05) is 18.7 Å². The summed E-state index contributed by atoms with van der Waals surface area (Å²) >= 11 is 0. The van der Waals surface area contributed by atoms with Gasteiger partial charge in [-0.05, 0) is 22.9 Å². The van der Waals surface area contributed by atoms with Crippen LogP contribution in [0.1, 0.15) is 12.8 Å². The number of aliphatic hydroxyl groups is 1. The van der Waals surface area contributed by atoms with Crippen molar-refractivity contribution in [3.05, 3.63) is 42.5 Å². The third-order valence-corrected chi connectivity index (χ3v) is 3.55. The van der Waals surface area contributed by atoms with E-state index in [2.05, 4.69) is 5.32 Å². The van der Waals surface area contributed by atoms with Crippen LogP contribution < -0.4 is 15.7 Å². The first-order valence-corrected chi connectivity index (χ1v) is 7.54. The van der Waals surface area contributed by atoms with Gasteiger partial charge in [0.2, 0.25) is 5.91 Å². The Hall–Kier alpha value is -2.44. The fourth-order valence-corrected chi connectivity index (χ4v) is 2.35. The van der Waals surface area contributed by atoms with E-state index >= 15 is 0 Å². The Morgan fingerprint density at radius 1 is 1.17 bits per heavy atom. The molecule has 1 amide bonds. The van der Waals surface area contributed by atoms with E-state index < -0.39 is 12.0 Å². The monoisotopic (exact) mass is 316 g/mol. The highest BCUT2D eigenvalue weighted by molar-refractivity contribution is 5.96. The zero-order chi connectivity index (χ0) is 16.7. The molecule has 2 rings (SSSR count). The average molecular weight is 316 g/mol. The lowest BCUT2D eigenvalue weighted by molar-refractivity contribution is -0.682. The van der Waals surface area contributed by atoms with E-state index in [-0.39, 0.29) is 18.9 Å². The van der Waals surface area contributed by atoms with E-state index in [1.807, 2.05) is 36.4 Å². The summed E-state index contributed by atoms with van der Waals surface area (Å²) in [6.07, 6.45) is 0.288. The zero-order valence-electron chi connectivity index (χ0n) is 12.7. The van der Waals surface area contributed by atoms with Gasteiger partial charge in [-0.3, -0.25) is 4.79 Å².